The van der Waals surface area contributed by atoms with Crippen LogP contribution in [0.5, 0.6) is 0 Å². The molecule has 3 saturated heterocycles. The van der Waals surface area contributed by atoms with Gasteiger partial charge in [-0.15, -0.1) is 0 Å². The zero-order valence-electron chi connectivity index (χ0n) is 10.4. The van der Waals surface area contributed by atoms with Crippen LogP contribution in [-0.2, 0) is 0 Å². The summed E-state index contributed by atoms with van der Waals surface area (Å²) in [6.07, 6.45) is 2.74. The molecule has 0 aliphatic carbocycles. The van der Waals surface area contributed by atoms with Gasteiger partial charge in [-0.1, -0.05) is 0 Å². The number of hydrogen-bond acceptors (Lipinski definition) is 3. The van der Waals surface area contributed by atoms with Gasteiger partial charge in [0.25, 0.3) is 0 Å². The Morgan fingerprint density at radius 1 is 1.27 bits per heavy atom. The van der Waals surface area contributed by atoms with Crippen molar-refractivity contribution < 1.29 is 0 Å². The molecule has 0 amide bonds. The SMILES string of the molecule is CNCCCN1C2CC1CN(C(C)C)C2. The number of hydrogen-bond donors (Lipinski definition) is 1. The lowest BCUT2D eigenvalue weighted by molar-refractivity contribution is -0.0779. The molecule has 0 saturated carbocycles. The maximum absolute atomic E-state index is 3.23. The second kappa shape index (κ2) is 4.81. The van der Waals surface area contributed by atoms with E-state index in [2.05, 4.69) is 29.0 Å². The van der Waals surface area contributed by atoms with Crippen molar-refractivity contribution in [3.05, 3.63) is 0 Å². The molecule has 2 bridgehead atoms. The third-order valence-corrected chi connectivity index (χ3v) is 3.95. The molecule has 0 spiro atoms. The molecular weight excluding hydrogens is 186 g/mol. The number of piperidine rings is 1. The Hall–Kier alpha value is -0.120. The van der Waals surface area contributed by atoms with Gasteiger partial charge in [0, 0.05) is 37.8 Å². The fourth-order valence-electron chi connectivity index (χ4n) is 2.94. The highest BCUT2D eigenvalue weighted by Crippen LogP contribution is 2.32. The Balaban J connectivity index is 1.74. The van der Waals surface area contributed by atoms with Gasteiger partial charge in [-0.05, 0) is 40.3 Å². The summed E-state index contributed by atoms with van der Waals surface area (Å²) >= 11 is 0. The van der Waals surface area contributed by atoms with E-state index in [-0.39, 0.29) is 0 Å². The van der Waals surface area contributed by atoms with E-state index in [9.17, 15) is 0 Å². The van der Waals surface area contributed by atoms with Gasteiger partial charge in [0.05, 0.1) is 0 Å². The van der Waals surface area contributed by atoms with Crippen molar-refractivity contribution in [2.75, 3.05) is 33.2 Å². The smallest absolute Gasteiger partial charge is 0.0242 e. The van der Waals surface area contributed by atoms with Gasteiger partial charge in [-0.25, -0.2) is 0 Å². The molecule has 0 aromatic heterocycles. The zero-order chi connectivity index (χ0) is 10.8. The Kier molecular flexibility index (Phi) is 3.65. The maximum Gasteiger partial charge on any atom is 0.0242 e. The summed E-state index contributed by atoms with van der Waals surface area (Å²) in [5.41, 5.74) is 0. The Morgan fingerprint density at radius 3 is 2.47 bits per heavy atom. The largest absolute Gasteiger partial charge is 0.320 e. The number of nitrogens with zero attached hydrogens (tertiary/aromatic N) is 2. The fourth-order valence-corrected chi connectivity index (χ4v) is 2.94. The number of piperazine rings is 1. The summed E-state index contributed by atoms with van der Waals surface area (Å²) in [4.78, 5) is 5.35. The van der Waals surface area contributed by atoms with Gasteiger partial charge < -0.3 is 5.32 Å². The monoisotopic (exact) mass is 211 g/mol. The molecule has 88 valence electrons. The van der Waals surface area contributed by atoms with Crippen molar-refractivity contribution in [3.63, 3.8) is 0 Å². The summed E-state index contributed by atoms with van der Waals surface area (Å²) in [5, 5.41) is 3.23. The first kappa shape index (κ1) is 11.4. The lowest BCUT2D eigenvalue weighted by Crippen LogP contribution is -2.69. The predicted molar refractivity (Wildman–Crippen MR) is 64.2 cm³/mol. The first-order chi connectivity index (χ1) is 7.22. The zero-order valence-corrected chi connectivity index (χ0v) is 10.4. The van der Waals surface area contributed by atoms with Gasteiger partial charge >= 0.3 is 0 Å². The predicted octanol–water partition coefficient (Wildman–Crippen LogP) is 0.763. The van der Waals surface area contributed by atoms with Gasteiger partial charge in [0.2, 0.25) is 0 Å². The second-order valence-corrected chi connectivity index (χ2v) is 5.29. The first-order valence-electron chi connectivity index (χ1n) is 6.36. The molecule has 3 aliphatic heterocycles. The van der Waals surface area contributed by atoms with E-state index in [4.69, 9.17) is 0 Å². The van der Waals surface area contributed by atoms with Crippen LogP contribution >= 0.6 is 0 Å². The van der Waals surface area contributed by atoms with Gasteiger partial charge in [0.1, 0.15) is 0 Å². The van der Waals surface area contributed by atoms with Crippen LogP contribution in [0, 0.1) is 0 Å². The average Bonchev–Trinajstić information content (AvgIpc) is 2.24. The molecule has 0 aromatic carbocycles. The fraction of sp³-hybridized carbons (Fsp3) is 1.00. The minimum absolute atomic E-state index is 0.731. The van der Waals surface area contributed by atoms with Crippen LogP contribution in [0.1, 0.15) is 26.7 Å². The third kappa shape index (κ3) is 2.35. The molecule has 2 unspecified atom stereocenters. The Labute approximate surface area is 93.8 Å². The maximum atomic E-state index is 3.23. The molecule has 1 N–H and O–H groups in total. The number of nitrogens with one attached hydrogen (secondary N) is 1. The Bertz CT molecular complexity index is 193. The summed E-state index contributed by atoms with van der Waals surface area (Å²) in [6, 6.07) is 2.46. The molecule has 3 aliphatic rings. The minimum atomic E-state index is 0.731. The molecule has 3 heterocycles. The van der Waals surface area contributed by atoms with Crippen molar-refractivity contribution >= 4 is 0 Å². The molecule has 3 fully saturated rings. The topological polar surface area (TPSA) is 18.5 Å². The van der Waals surface area contributed by atoms with E-state index < -0.39 is 0 Å². The van der Waals surface area contributed by atoms with E-state index in [1.165, 1.54) is 32.5 Å². The second-order valence-electron chi connectivity index (χ2n) is 5.29. The standard InChI is InChI=1S/C12H25N3/c1-10(2)14-8-11-7-12(9-14)15(11)6-4-5-13-3/h10-13H,4-9H2,1-3H3. The van der Waals surface area contributed by atoms with E-state index >= 15 is 0 Å². The van der Waals surface area contributed by atoms with Crippen LogP contribution < -0.4 is 5.32 Å². The van der Waals surface area contributed by atoms with E-state index in [1.54, 1.807) is 0 Å². The summed E-state index contributed by atoms with van der Waals surface area (Å²) in [5.74, 6) is 0. The van der Waals surface area contributed by atoms with E-state index in [1.807, 2.05) is 7.05 Å². The summed E-state index contributed by atoms with van der Waals surface area (Å²) in [7, 11) is 2.04. The highest BCUT2D eigenvalue weighted by atomic mass is 15.4. The minimum Gasteiger partial charge on any atom is -0.320 e. The molecular formula is C12H25N3. The molecule has 3 nitrogen and oxygen atoms in total. The van der Waals surface area contributed by atoms with E-state index in [0.29, 0.717) is 0 Å². The quantitative estimate of drug-likeness (QED) is 0.678. The molecule has 0 radical (unpaired) electrons. The lowest BCUT2D eigenvalue weighted by Gasteiger charge is -2.57. The van der Waals surface area contributed by atoms with Crippen molar-refractivity contribution in [3.8, 4) is 0 Å². The normalized spacial score (nSPS) is 32.0. The molecule has 15 heavy (non-hydrogen) atoms. The van der Waals surface area contributed by atoms with Gasteiger partial charge in [-0.2, -0.15) is 0 Å². The van der Waals surface area contributed by atoms with Crippen LogP contribution in [0.15, 0.2) is 0 Å². The number of rotatable bonds is 5. The highest BCUT2D eigenvalue weighted by molar-refractivity contribution is 5.01. The van der Waals surface area contributed by atoms with Crippen molar-refractivity contribution in [1.29, 1.82) is 0 Å². The molecule has 0 aromatic rings. The third-order valence-electron chi connectivity index (χ3n) is 3.95. The van der Waals surface area contributed by atoms with Crippen molar-refractivity contribution in [2.45, 2.75) is 44.8 Å². The van der Waals surface area contributed by atoms with Crippen LogP contribution in [0.2, 0.25) is 0 Å². The van der Waals surface area contributed by atoms with Gasteiger partial charge in [0.15, 0.2) is 0 Å². The van der Waals surface area contributed by atoms with Crippen LogP contribution in [-0.4, -0.2) is 61.2 Å². The molecule has 3 heteroatoms. The molecule has 3 rings (SSSR count). The summed E-state index contributed by atoms with van der Waals surface area (Å²) < 4.78 is 0. The highest BCUT2D eigenvalue weighted by Gasteiger charge is 2.44. The lowest BCUT2D eigenvalue weighted by atomic mass is 9.86. The molecule has 2 atom stereocenters. The van der Waals surface area contributed by atoms with Crippen molar-refractivity contribution in [2.24, 2.45) is 0 Å². The summed E-state index contributed by atoms with van der Waals surface area (Å²) in [6.45, 7) is 9.68. The van der Waals surface area contributed by atoms with Crippen LogP contribution in [0.3, 0.4) is 0 Å². The first-order valence-corrected chi connectivity index (χ1v) is 6.36. The van der Waals surface area contributed by atoms with Crippen LogP contribution in [0.25, 0.3) is 0 Å². The Morgan fingerprint density at radius 2 is 1.93 bits per heavy atom. The van der Waals surface area contributed by atoms with Crippen molar-refractivity contribution in [1.82, 2.24) is 15.1 Å². The van der Waals surface area contributed by atoms with Gasteiger partial charge in [-0.3, -0.25) is 9.80 Å². The number of fused-ring (bicyclic) bond motifs is 2. The average molecular weight is 211 g/mol. The van der Waals surface area contributed by atoms with E-state index in [0.717, 1.165) is 24.7 Å². The van der Waals surface area contributed by atoms with Crippen LogP contribution in [0.4, 0.5) is 0 Å².